The van der Waals surface area contributed by atoms with Gasteiger partial charge in [0.2, 0.25) is 0 Å². The molecule has 1 amide bonds. The first-order valence-corrected chi connectivity index (χ1v) is 7.19. The zero-order valence-electron chi connectivity index (χ0n) is 12.7. The second-order valence-corrected chi connectivity index (χ2v) is 5.18. The van der Waals surface area contributed by atoms with E-state index in [-0.39, 0.29) is 17.3 Å². The van der Waals surface area contributed by atoms with Crippen LogP contribution in [0.1, 0.15) is 15.9 Å². The highest BCUT2D eigenvalue weighted by atomic mass is 16.1. The SMILES string of the molecule is Cc1ccc(-c2ncc(C(=O)Nc3ccccc3)c(N)n2)cc1. The van der Waals surface area contributed by atoms with Gasteiger partial charge in [0.05, 0.1) is 0 Å². The maximum Gasteiger partial charge on any atom is 0.260 e. The van der Waals surface area contributed by atoms with E-state index in [2.05, 4.69) is 15.3 Å². The molecule has 0 fully saturated rings. The summed E-state index contributed by atoms with van der Waals surface area (Å²) >= 11 is 0. The molecule has 0 aliphatic heterocycles. The number of nitrogen functional groups attached to an aromatic ring is 1. The van der Waals surface area contributed by atoms with Crippen LogP contribution in [0.5, 0.6) is 0 Å². The Balaban J connectivity index is 1.84. The third-order valence-electron chi connectivity index (χ3n) is 3.40. The van der Waals surface area contributed by atoms with Gasteiger partial charge in [-0.3, -0.25) is 4.79 Å². The van der Waals surface area contributed by atoms with Gasteiger partial charge in [0.15, 0.2) is 5.82 Å². The Kier molecular flexibility index (Phi) is 4.01. The van der Waals surface area contributed by atoms with E-state index in [4.69, 9.17) is 5.73 Å². The van der Waals surface area contributed by atoms with Crippen molar-refractivity contribution in [2.75, 3.05) is 11.1 Å². The van der Waals surface area contributed by atoms with Crippen LogP contribution in [0.25, 0.3) is 11.4 Å². The summed E-state index contributed by atoms with van der Waals surface area (Å²) in [7, 11) is 0. The molecule has 1 heterocycles. The number of carbonyl (C=O) groups is 1. The summed E-state index contributed by atoms with van der Waals surface area (Å²) in [6.45, 7) is 2.01. The lowest BCUT2D eigenvalue weighted by molar-refractivity contribution is 0.102. The molecule has 114 valence electrons. The van der Waals surface area contributed by atoms with Crippen LogP contribution in [0.15, 0.2) is 60.8 Å². The monoisotopic (exact) mass is 304 g/mol. The molecule has 0 radical (unpaired) electrons. The number of hydrogen-bond acceptors (Lipinski definition) is 4. The number of hydrogen-bond donors (Lipinski definition) is 2. The summed E-state index contributed by atoms with van der Waals surface area (Å²) < 4.78 is 0. The van der Waals surface area contributed by atoms with E-state index in [0.29, 0.717) is 11.5 Å². The van der Waals surface area contributed by atoms with E-state index in [0.717, 1.165) is 11.1 Å². The van der Waals surface area contributed by atoms with E-state index in [1.54, 1.807) is 12.1 Å². The van der Waals surface area contributed by atoms with Crippen LogP contribution in [0.3, 0.4) is 0 Å². The summed E-state index contributed by atoms with van der Waals surface area (Å²) in [5.74, 6) is 0.326. The average Bonchev–Trinajstić information content (AvgIpc) is 2.56. The summed E-state index contributed by atoms with van der Waals surface area (Å²) in [6, 6.07) is 17.0. The highest BCUT2D eigenvalue weighted by Gasteiger charge is 2.13. The Morgan fingerprint density at radius 3 is 2.39 bits per heavy atom. The Labute approximate surface area is 134 Å². The molecule has 0 saturated carbocycles. The Hall–Kier alpha value is -3.21. The van der Waals surface area contributed by atoms with Crippen LogP contribution in [-0.4, -0.2) is 15.9 Å². The van der Waals surface area contributed by atoms with Crippen LogP contribution in [0.4, 0.5) is 11.5 Å². The minimum absolute atomic E-state index is 0.156. The third kappa shape index (κ3) is 3.35. The number of nitrogens with two attached hydrogens (primary N) is 1. The maximum absolute atomic E-state index is 12.3. The van der Waals surface area contributed by atoms with Crippen molar-refractivity contribution in [2.45, 2.75) is 6.92 Å². The Morgan fingerprint density at radius 2 is 1.74 bits per heavy atom. The molecule has 5 nitrogen and oxygen atoms in total. The number of benzene rings is 2. The minimum atomic E-state index is -0.329. The summed E-state index contributed by atoms with van der Waals surface area (Å²) in [4.78, 5) is 20.7. The van der Waals surface area contributed by atoms with Crippen molar-refractivity contribution < 1.29 is 4.79 Å². The zero-order valence-corrected chi connectivity index (χ0v) is 12.7. The molecule has 5 heteroatoms. The highest BCUT2D eigenvalue weighted by Crippen LogP contribution is 2.19. The van der Waals surface area contributed by atoms with Gasteiger partial charge in [-0.25, -0.2) is 9.97 Å². The van der Waals surface area contributed by atoms with Crippen LogP contribution in [0, 0.1) is 6.92 Å². The van der Waals surface area contributed by atoms with Gasteiger partial charge in [0, 0.05) is 17.4 Å². The van der Waals surface area contributed by atoms with E-state index < -0.39 is 0 Å². The molecule has 0 aliphatic rings. The molecule has 3 aromatic rings. The fourth-order valence-electron chi connectivity index (χ4n) is 2.13. The number of aryl methyl sites for hydroxylation is 1. The van der Waals surface area contributed by atoms with Crippen molar-refractivity contribution >= 4 is 17.4 Å². The number of aromatic nitrogens is 2. The number of nitrogens with zero attached hydrogens (tertiary/aromatic N) is 2. The van der Waals surface area contributed by atoms with Gasteiger partial charge < -0.3 is 11.1 Å². The van der Waals surface area contributed by atoms with E-state index in [1.807, 2.05) is 49.4 Å². The largest absolute Gasteiger partial charge is 0.383 e. The zero-order chi connectivity index (χ0) is 16.2. The molecule has 2 aromatic carbocycles. The van der Waals surface area contributed by atoms with Gasteiger partial charge in [0.1, 0.15) is 11.4 Å². The number of rotatable bonds is 3. The lowest BCUT2D eigenvalue weighted by atomic mass is 10.1. The number of nitrogens with one attached hydrogen (secondary N) is 1. The number of carbonyl (C=O) groups excluding carboxylic acids is 1. The molecule has 0 aliphatic carbocycles. The van der Waals surface area contributed by atoms with Crippen molar-refractivity contribution in [3.8, 4) is 11.4 Å². The Bertz CT molecular complexity index is 829. The Morgan fingerprint density at radius 1 is 1.04 bits per heavy atom. The smallest absolute Gasteiger partial charge is 0.260 e. The molecule has 3 rings (SSSR count). The van der Waals surface area contributed by atoms with Crippen LogP contribution < -0.4 is 11.1 Å². The number of para-hydroxylation sites is 1. The van der Waals surface area contributed by atoms with E-state index in [1.165, 1.54) is 6.20 Å². The number of anilines is 2. The number of amides is 1. The van der Waals surface area contributed by atoms with Gasteiger partial charge >= 0.3 is 0 Å². The lowest BCUT2D eigenvalue weighted by Gasteiger charge is -2.08. The first-order valence-electron chi connectivity index (χ1n) is 7.19. The van der Waals surface area contributed by atoms with Gasteiger partial charge in [0.25, 0.3) is 5.91 Å². The molecule has 1 aromatic heterocycles. The molecule has 0 unspecified atom stereocenters. The van der Waals surface area contributed by atoms with Crippen molar-refractivity contribution in [1.82, 2.24) is 9.97 Å². The minimum Gasteiger partial charge on any atom is -0.383 e. The van der Waals surface area contributed by atoms with Gasteiger partial charge in [-0.2, -0.15) is 0 Å². The van der Waals surface area contributed by atoms with Crippen LogP contribution in [0.2, 0.25) is 0 Å². The summed E-state index contributed by atoms with van der Waals surface area (Å²) in [6.07, 6.45) is 1.45. The first-order chi connectivity index (χ1) is 11.1. The van der Waals surface area contributed by atoms with Crippen LogP contribution >= 0.6 is 0 Å². The predicted octanol–water partition coefficient (Wildman–Crippen LogP) is 3.29. The van der Waals surface area contributed by atoms with Crippen molar-refractivity contribution in [1.29, 1.82) is 0 Å². The third-order valence-corrected chi connectivity index (χ3v) is 3.40. The molecular weight excluding hydrogens is 288 g/mol. The second-order valence-electron chi connectivity index (χ2n) is 5.18. The van der Waals surface area contributed by atoms with Crippen molar-refractivity contribution in [3.63, 3.8) is 0 Å². The molecular formula is C18H16N4O. The molecule has 23 heavy (non-hydrogen) atoms. The van der Waals surface area contributed by atoms with Crippen LogP contribution in [-0.2, 0) is 0 Å². The summed E-state index contributed by atoms with van der Waals surface area (Å²) in [5.41, 5.74) is 8.89. The van der Waals surface area contributed by atoms with Gasteiger partial charge in [-0.15, -0.1) is 0 Å². The predicted molar refractivity (Wildman–Crippen MR) is 91.0 cm³/mol. The first kappa shape index (κ1) is 14.7. The van der Waals surface area contributed by atoms with Crippen molar-refractivity contribution in [3.05, 3.63) is 71.9 Å². The lowest BCUT2D eigenvalue weighted by Crippen LogP contribution is -2.15. The normalized spacial score (nSPS) is 10.3. The fraction of sp³-hybridized carbons (Fsp3) is 0.0556. The average molecular weight is 304 g/mol. The molecule has 0 bridgehead atoms. The van der Waals surface area contributed by atoms with Gasteiger partial charge in [-0.1, -0.05) is 48.0 Å². The topological polar surface area (TPSA) is 80.9 Å². The highest BCUT2D eigenvalue weighted by molar-refractivity contribution is 6.07. The molecule has 0 spiro atoms. The van der Waals surface area contributed by atoms with Crippen molar-refractivity contribution in [2.24, 2.45) is 0 Å². The maximum atomic E-state index is 12.3. The molecule has 0 saturated heterocycles. The van der Waals surface area contributed by atoms with Gasteiger partial charge in [-0.05, 0) is 19.1 Å². The quantitative estimate of drug-likeness (QED) is 0.778. The second kappa shape index (κ2) is 6.27. The molecule has 3 N–H and O–H groups in total. The molecule has 0 atom stereocenters. The van der Waals surface area contributed by atoms with E-state index >= 15 is 0 Å². The fourth-order valence-corrected chi connectivity index (χ4v) is 2.13. The van der Waals surface area contributed by atoms with E-state index in [9.17, 15) is 4.79 Å². The standard InChI is InChI=1S/C18H16N4O/c1-12-7-9-13(10-8-12)17-20-11-15(16(19)22-17)18(23)21-14-5-3-2-4-6-14/h2-11H,1H3,(H,21,23)(H2,19,20,22). The summed E-state index contributed by atoms with van der Waals surface area (Å²) in [5, 5.41) is 2.77.